The number of benzene rings is 2. The van der Waals surface area contributed by atoms with Crippen LogP contribution in [-0.4, -0.2) is 56.9 Å². The molecule has 0 bridgehead atoms. The number of piperidine rings is 1. The number of hydrazine groups is 1. The highest BCUT2D eigenvalue weighted by atomic mass is 35.5. The molecule has 0 aliphatic carbocycles. The van der Waals surface area contributed by atoms with Gasteiger partial charge in [0.2, 0.25) is 0 Å². The van der Waals surface area contributed by atoms with Crippen molar-refractivity contribution in [1.29, 1.82) is 0 Å². The Kier molecular flexibility index (Phi) is 8.40. The fraction of sp³-hybridized carbons (Fsp3) is 0.367. The number of ether oxygens (including phenoxy) is 1. The van der Waals surface area contributed by atoms with Gasteiger partial charge in [-0.1, -0.05) is 41.8 Å². The minimum Gasteiger partial charge on any atom is -0.443 e. The minimum atomic E-state index is -0.739. The molecule has 1 fully saturated rings. The lowest BCUT2D eigenvalue weighted by molar-refractivity contribution is 0.0351. The summed E-state index contributed by atoms with van der Waals surface area (Å²) in [5.41, 5.74) is 5.27. The van der Waals surface area contributed by atoms with Crippen molar-refractivity contribution in [2.75, 3.05) is 19.6 Å². The second kappa shape index (κ2) is 11.8. The van der Waals surface area contributed by atoms with E-state index in [0.29, 0.717) is 44.7 Å². The molecule has 41 heavy (non-hydrogen) atoms. The monoisotopic (exact) mass is 599 g/mol. The Labute approximate surface area is 248 Å². The highest BCUT2D eigenvalue weighted by Gasteiger charge is 2.37. The Morgan fingerprint density at radius 2 is 1.73 bits per heavy atom. The van der Waals surface area contributed by atoms with Crippen LogP contribution in [0.2, 0.25) is 10.0 Å². The molecule has 2 aliphatic rings. The standard InChI is InChI=1S/C30H32Cl2FN5O3/c1-30(2,3)41-29(40)37-16-13-22-26(28(39)35-36-14-5-4-6-15-36)34-38(24-12-9-20(31)18-23(24)32)27(22)25(37)17-19-7-10-21(33)11-8-19/h7-12,17-18H,4-6,13-16H2,1-3H3,(H,35,39)/b25-17-. The first kappa shape index (κ1) is 29.1. The van der Waals surface area contributed by atoms with Gasteiger partial charge in [0.25, 0.3) is 5.91 Å². The van der Waals surface area contributed by atoms with Crippen LogP contribution in [0.1, 0.15) is 67.3 Å². The Bertz CT molecular complexity index is 1490. The molecular weight excluding hydrogens is 568 g/mol. The second-order valence-electron chi connectivity index (χ2n) is 11.1. The highest BCUT2D eigenvalue weighted by molar-refractivity contribution is 6.35. The van der Waals surface area contributed by atoms with E-state index < -0.39 is 11.7 Å². The number of carbonyl (C=O) groups is 2. The van der Waals surface area contributed by atoms with Crippen molar-refractivity contribution in [3.8, 4) is 5.69 Å². The molecular formula is C30H32Cl2FN5O3. The van der Waals surface area contributed by atoms with E-state index >= 15 is 0 Å². The Balaban J connectivity index is 1.69. The van der Waals surface area contributed by atoms with Crippen LogP contribution >= 0.6 is 23.2 Å². The van der Waals surface area contributed by atoms with Crippen molar-refractivity contribution in [2.45, 2.75) is 52.1 Å². The summed E-state index contributed by atoms with van der Waals surface area (Å²) in [6.45, 7) is 7.16. The Morgan fingerprint density at radius 1 is 1.02 bits per heavy atom. The van der Waals surface area contributed by atoms with Gasteiger partial charge in [0.1, 0.15) is 11.4 Å². The third-order valence-corrected chi connectivity index (χ3v) is 7.40. The van der Waals surface area contributed by atoms with E-state index in [2.05, 4.69) is 5.43 Å². The average molecular weight is 601 g/mol. The second-order valence-corrected chi connectivity index (χ2v) is 12.0. The fourth-order valence-electron chi connectivity index (χ4n) is 5.00. The summed E-state index contributed by atoms with van der Waals surface area (Å²) >= 11 is 12.8. The van der Waals surface area contributed by atoms with E-state index in [1.54, 1.807) is 61.9 Å². The normalized spacial score (nSPS) is 16.9. The third-order valence-electron chi connectivity index (χ3n) is 6.86. The van der Waals surface area contributed by atoms with E-state index in [1.165, 1.54) is 17.0 Å². The largest absolute Gasteiger partial charge is 0.443 e. The van der Waals surface area contributed by atoms with Crippen LogP contribution in [-0.2, 0) is 11.2 Å². The third kappa shape index (κ3) is 6.58. The maximum atomic E-state index is 13.7. The minimum absolute atomic E-state index is 0.241. The van der Waals surface area contributed by atoms with Crippen LogP contribution in [0, 0.1) is 5.82 Å². The van der Waals surface area contributed by atoms with Crippen molar-refractivity contribution in [3.63, 3.8) is 0 Å². The molecule has 1 aromatic heterocycles. The zero-order valence-corrected chi connectivity index (χ0v) is 24.7. The summed E-state index contributed by atoms with van der Waals surface area (Å²) in [5, 5.41) is 7.44. The first-order valence-electron chi connectivity index (χ1n) is 13.6. The molecule has 3 aromatic rings. The summed E-state index contributed by atoms with van der Waals surface area (Å²) in [6, 6.07) is 10.9. The summed E-state index contributed by atoms with van der Waals surface area (Å²) in [7, 11) is 0. The smallest absolute Gasteiger partial charge is 0.414 e. The molecule has 8 nitrogen and oxygen atoms in total. The molecule has 3 heterocycles. The summed E-state index contributed by atoms with van der Waals surface area (Å²) < 4.78 is 21.1. The zero-order valence-electron chi connectivity index (χ0n) is 23.2. The molecule has 0 saturated carbocycles. The van der Waals surface area contributed by atoms with Gasteiger partial charge in [0.15, 0.2) is 5.69 Å². The number of hydrogen-bond donors (Lipinski definition) is 1. The maximum Gasteiger partial charge on any atom is 0.414 e. The molecule has 0 radical (unpaired) electrons. The lowest BCUT2D eigenvalue weighted by Crippen LogP contribution is -2.45. The topological polar surface area (TPSA) is 79.7 Å². The molecule has 0 spiro atoms. The summed E-state index contributed by atoms with van der Waals surface area (Å²) in [4.78, 5) is 28.6. The van der Waals surface area contributed by atoms with E-state index in [-0.39, 0.29) is 24.0 Å². The maximum absolute atomic E-state index is 13.7. The summed E-state index contributed by atoms with van der Waals surface area (Å²) in [6.07, 6.45) is 4.69. The molecule has 11 heteroatoms. The molecule has 0 unspecified atom stereocenters. The number of halogens is 3. The van der Waals surface area contributed by atoms with E-state index in [4.69, 9.17) is 33.0 Å². The van der Waals surface area contributed by atoms with Crippen molar-refractivity contribution < 1.29 is 18.7 Å². The van der Waals surface area contributed by atoms with Gasteiger partial charge in [-0.15, -0.1) is 0 Å². The van der Waals surface area contributed by atoms with Gasteiger partial charge in [-0.3, -0.25) is 15.1 Å². The quantitative estimate of drug-likeness (QED) is 0.359. The van der Waals surface area contributed by atoms with Gasteiger partial charge < -0.3 is 4.74 Å². The first-order chi connectivity index (χ1) is 19.5. The first-order valence-corrected chi connectivity index (χ1v) is 14.4. The van der Waals surface area contributed by atoms with Gasteiger partial charge in [0.05, 0.1) is 22.1 Å². The number of carbonyl (C=O) groups excluding carboxylic acids is 2. The van der Waals surface area contributed by atoms with Gasteiger partial charge in [-0.25, -0.2) is 18.9 Å². The van der Waals surface area contributed by atoms with Crippen molar-refractivity contribution in [2.24, 2.45) is 0 Å². The van der Waals surface area contributed by atoms with E-state index in [9.17, 15) is 14.0 Å². The van der Waals surface area contributed by atoms with Crippen LogP contribution in [0.15, 0.2) is 42.5 Å². The summed E-state index contributed by atoms with van der Waals surface area (Å²) in [5.74, 6) is -0.714. The Hall–Kier alpha value is -3.40. The van der Waals surface area contributed by atoms with Gasteiger partial charge in [-0.05, 0) is 82.0 Å². The molecule has 216 valence electrons. The number of nitrogens with one attached hydrogen (secondary N) is 1. The molecule has 0 atom stereocenters. The zero-order chi connectivity index (χ0) is 29.3. The number of nitrogens with zero attached hydrogens (tertiary/aromatic N) is 4. The van der Waals surface area contributed by atoms with Crippen molar-refractivity contribution in [1.82, 2.24) is 25.1 Å². The lowest BCUT2D eigenvalue weighted by atomic mass is 9.99. The van der Waals surface area contributed by atoms with E-state index in [0.717, 1.165) is 32.4 Å². The van der Waals surface area contributed by atoms with Crippen LogP contribution < -0.4 is 5.43 Å². The van der Waals surface area contributed by atoms with Crippen LogP contribution in [0.3, 0.4) is 0 Å². The van der Waals surface area contributed by atoms with Crippen molar-refractivity contribution in [3.05, 3.63) is 80.8 Å². The average Bonchev–Trinajstić information content (AvgIpc) is 3.30. The number of fused-ring (bicyclic) bond motifs is 1. The molecule has 1 saturated heterocycles. The highest BCUT2D eigenvalue weighted by Crippen LogP contribution is 2.37. The molecule has 2 amide bonds. The predicted octanol–water partition coefficient (Wildman–Crippen LogP) is 6.74. The van der Waals surface area contributed by atoms with Gasteiger partial charge in [-0.2, -0.15) is 5.10 Å². The molecule has 1 N–H and O–H groups in total. The van der Waals surface area contributed by atoms with Gasteiger partial charge in [0, 0.05) is 30.2 Å². The van der Waals surface area contributed by atoms with Crippen LogP contribution in [0.5, 0.6) is 0 Å². The van der Waals surface area contributed by atoms with Gasteiger partial charge >= 0.3 is 6.09 Å². The molecule has 5 rings (SSSR count). The Morgan fingerprint density at radius 3 is 2.39 bits per heavy atom. The lowest BCUT2D eigenvalue weighted by Gasteiger charge is -2.33. The number of rotatable bonds is 4. The predicted molar refractivity (Wildman–Crippen MR) is 157 cm³/mol. The number of hydrogen-bond acceptors (Lipinski definition) is 5. The number of aromatic nitrogens is 2. The van der Waals surface area contributed by atoms with Crippen molar-refractivity contribution >= 4 is 47.0 Å². The fourth-order valence-corrected chi connectivity index (χ4v) is 5.49. The number of amides is 2. The van der Waals surface area contributed by atoms with E-state index in [1.807, 2.05) is 5.01 Å². The molecule has 2 aromatic carbocycles. The van der Waals surface area contributed by atoms with Crippen LogP contribution in [0.25, 0.3) is 17.5 Å². The van der Waals surface area contributed by atoms with Crippen LogP contribution in [0.4, 0.5) is 9.18 Å². The SMILES string of the molecule is CC(C)(C)OC(=O)N1CCc2c(C(=O)NN3CCCCC3)nn(-c3ccc(Cl)cc3Cl)c2/C1=C/c1ccc(F)cc1. The molecule has 2 aliphatic heterocycles.